The van der Waals surface area contributed by atoms with Gasteiger partial charge in [0.05, 0.1) is 12.4 Å². The molecule has 6 nitrogen and oxygen atoms in total. The number of nitrogen functional groups attached to an aromatic ring is 1. The monoisotopic (exact) mass is 223 g/mol. The van der Waals surface area contributed by atoms with E-state index in [2.05, 4.69) is 15.4 Å². The SMILES string of the molecule is CCCN(CC)C(=O)c1cncc(NN)n1. The maximum absolute atomic E-state index is 12.0. The Bertz CT molecular complexity index is 355. The van der Waals surface area contributed by atoms with Crippen LogP contribution in [0.5, 0.6) is 0 Å². The van der Waals surface area contributed by atoms with E-state index in [-0.39, 0.29) is 5.91 Å². The largest absolute Gasteiger partial charge is 0.338 e. The van der Waals surface area contributed by atoms with Crippen LogP contribution in [0.25, 0.3) is 0 Å². The highest BCUT2D eigenvalue weighted by molar-refractivity contribution is 5.92. The normalized spacial score (nSPS) is 9.94. The van der Waals surface area contributed by atoms with E-state index in [1.807, 2.05) is 13.8 Å². The smallest absolute Gasteiger partial charge is 0.274 e. The molecule has 6 heteroatoms. The molecule has 3 N–H and O–H groups in total. The summed E-state index contributed by atoms with van der Waals surface area (Å²) in [7, 11) is 0. The number of rotatable bonds is 5. The van der Waals surface area contributed by atoms with E-state index < -0.39 is 0 Å². The van der Waals surface area contributed by atoms with Gasteiger partial charge in [-0.3, -0.25) is 9.78 Å². The summed E-state index contributed by atoms with van der Waals surface area (Å²) < 4.78 is 0. The molecule has 1 rings (SSSR count). The molecule has 0 aliphatic rings. The summed E-state index contributed by atoms with van der Waals surface area (Å²) in [6.45, 7) is 5.34. The number of hydrogen-bond acceptors (Lipinski definition) is 5. The highest BCUT2D eigenvalue weighted by Gasteiger charge is 2.15. The van der Waals surface area contributed by atoms with Crippen molar-refractivity contribution in [3.05, 3.63) is 18.1 Å². The minimum atomic E-state index is -0.117. The second kappa shape index (κ2) is 6.02. The van der Waals surface area contributed by atoms with Gasteiger partial charge in [0.25, 0.3) is 5.91 Å². The Labute approximate surface area is 94.8 Å². The zero-order valence-corrected chi connectivity index (χ0v) is 9.60. The predicted molar refractivity (Wildman–Crippen MR) is 61.7 cm³/mol. The van der Waals surface area contributed by atoms with Gasteiger partial charge < -0.3 is 10.3 Å². The average molecular weight is 223 g/mol. The molecular formula is C10H17N5O. The van der Waals surface area contributed by atoms with Crippen molar-refractivity contribution in [3.8, 4) is 0 Å². The van der Waals surface area contributed by atoms with Crippen LogP contribution >= 0.6 is 0 Å². The highest BCUT2D eigenvalue weighted by atomic mass is 16.2. The molecule has 0 aliphatic carbocycles. The zero-order valence-electron chi connectivity index (χ0n) is 9.60. The topological polar surface area (TPSA) is 84.1 Å². The van der Waals surface area contributed by atoms with Crippen LogP contribution in [-0.2, 0) is 0 Å². The molecule has 0 saturated heterocycles. The molecule has 88 valence electrons. The van der Waals surface area contributed by atoms with Crippen LogP contribution in [0.1, 0.15) is 30.8 Å². The molecule has 0 aromatic carbocycles. The highest BCUT2D eigenvalue weighted by Crippen LogP contribution is 2.05. The second-order valence-corrected chi connectivity index (χ2v) is 3.32. The lowest BCUT2D eigenvalue weighted by atomic mass is 10.3. The summed E-state index contributed by atoms with van der Waals surface area (Å²) >= 11 is 0. The molecule has 0 fully saturated rings. The van der Waals surface area contributed by atoms with E-state index in [0.29, 0.717) is 18.1 Å². The van der Waals surface area contributed by atoms with Crippen molar-refractivity contribution in [1.82, 2.24) is 14.9 Å². The number of nitrogens with two attached hydrogens (primary N) is 1. The Balaban J connectivity index is 2.85. The number of nitrogens with one attached hydrogen (secondary N) is 1. The molecule has 0 spiro atoms. The number of aromatic nitrogens is 2. The van der Waals surface area contributed by atoms with Crippen molar-refractivity contribution < 1.29 is 4.79 Å². The van der Waals surface area contributed by atoms with Gasteiger partial charge in [-0.15, -0.1) is 0 Å². The van der Waals surface area contributed by atoms with Crippen LogP contribution in [0.15, 0.2) is 12.4 Å². The number of nitrogens with zero attached hydrogens (tertiary/aromatic N) is 3. The summed E-state index contributed by atoms with van der Waals surface area (Å²) in [6, 6.07) is 0. The Hall–Kier alpha value is -1.69. The third-order valence-electron chi connectivity index (χ3n) is 2.16. The Kier molecular flexibility index (Phi) is 4.65. The van der Waals surface area contributed by atoms with Crippen molar-refractivity contribution >= 4 is 11.7 Å². The summed E-state index contributed by atoms with van der Waals surface area (Å²) in [5, 5.41) is 0. The Morgan fingerprint density at radius 3 is 2.81 bits per heavy atom. The third kappa shape index (κ3) is 2.90. The molecule has 0 saturated carbocycles. The van der Waals surface area contributed by atoms with E-state index in [9.17, 15) is 4.79 Å². The number of hydrogen-bond donors (Lipinski definition) is 2. The first-order valence-electron chi connectivity index (χ1n) is 5.30. The lowest BCUT2D eigenvalue weighted by molar-refractivity contribution is 0.0758. The van der Waals surface area contributed by atoms with Crippen molar-refractivity contribution in [3.63, 3.8) is 0 Å². The van der Waals surface area contributed by atoms with E-state index in [1.54, 1.807) is 4.90 Å². The maximum atomic E-state index is 12.0. The minimum absolute atomic E-state index is 0.117. The lowest BCUT2D eigenvalue weighted by Crippen LogP contribution is -2.32. The average Bonchev–Trinajstić information content (AvgIpc) is 2.35. The van der Waals surface area contributed by atoms with Crippen molar-refractivity contribution in [2.24, 2.45) is 5.84 Å². The summed E-state index contributed by atoms with van der Waals surface area (Å²) in [4.78, 5) is 21.7. The molecule has 0 unspecified atom stereocenters. The van der Waals surface area contributed by atoms with Crippen LogP contribution < -0.4 is 11.3 Å². The Morgan fingerprint density at radius 1 is 1.50 bits per heavy atom. The quantitative estimate of drug-likeness (QED) is 0.565. The van der Waals surface area contributed by atoms with E-state index in [4.69, 9.17) is 5.84 Å². The van der Waals surface area contributed by atoms with Gasteiger partial charge in [-0.1, -0.05) is 6.92 Å². The number of hydrazine groups is 1. The standard InChI is InChI=1S/C10H17N5O/c1-3-5-15(4-2)10(16)8-6-12-7-9(13-8)14-11/h6-7H,3-5,11H2,1-2H3,(H,13,14). The van der Waals surface area contributed by atoms with Gasteiger partial charge >= 0.3 is 0 Å². The second-order valence-electron chi connectivity index (χ2n) is 3.32. The molecule has 1 amide bonds. The molecule has 1 aromatic heterocycles. The molecule has 0 radical (unpaired) electrons. The predicted octanol–water partition coefficient (Wildman–Crippen LogP) is 0.634. The van der Waals surface area contributed by atoms with Gasteiger partial charge in [0, 0.05) is 13.1 Å². The summed E-state index contributed by atoms with van der Waals surface area (Å²) in [5.74, 6) is 5.48. The van der Waals surface area contributed by atoms with Crippen LogP contribution in [0.2, 0.25) is 0 Å². The first-order valence-corrected chi connectivity index (χ1v) is 5.30. The van der Waals surface area contributed by atoms with Gasteiger partial charge in [0.15, 0.2) is 5.82 Å². The number of amides is 1. The minimum Gasteiger partial charge on any atom is -0.338 e. The van der Waals surface area contributed by atoms with Gasteiger partial charge in [-0.2, -0.15) is 0 Å². The number of anilines is 1. The lowest BCUT2D eigenvalue weighted by Gasteiger charge is -2.19. The van der Waals surface area contributed by atoms with Crippen LogP contribution in [-0.4, -0.2) is 33.9 Å². The molecule has 16 heavy (non-hydrogen) atoms. The molecule has 0 bridgehead atoms. The number of carbonyl (C=O) groups is 1. The first-order chi connectivity index (χ1) is 7.72. The van der Waals surface area contributed by atoms with Gasteiger partial charge in [0.1, 0.15) is 5.69 Å². The van der Waals surface area contributed by atoms with Gasteiger partial charge in [-0.25, -0.2) is 10.8 Å². The summed E-state index contributed by atoms with van der Waals surface area (Å²) in [6.07, 6.45) is 3.83. The van der Waals surface area contributed by atoms with Crippen LogP contribution in [0.3, 0.4) is 0 Å². The van der Waals surface area contributed by atoms with Crippen molar-refractivity contribution in [2.75, 3.05) is 18.5 Å². The third-order valence-corrected chi connectivity index (χ3v) is 2.16. The van der Waals surface area contributed by atoms with Crippen molar-refractivity contribution in [1.29, 1.82) is 0 Å². The van der Waals surface area contributed by atoms with E-state index in [1.165, 1.54) is 12.4 Å². The molecule has 1 heterocycles. The fourth-order valence-electron chi connectivity index (χ4n) is 1.37. The number of carbonyl (C=O) groups excluding carboxylic acids is 1. The van der Waals surface area contributed by atoms with Crippen LogP contribution in [0, 0.1) is 0 Å². The fourth-order valence-corrected chi connectivity index (χ4v) is 1.37. The van der Waals surface area contributed by atoms with E-state index >= 15 is 0 Å². The van der Waals surface area contributed by atoms with E-state index in [0.717, 1.165) is 13.0 Å². The first kappa shape index (κ1) is 12.4. The molecule has 1 aromatic rings. The fraction of sp³-hybridized carbons (Fsp3) is 0.500. The zero-order chi connectivity index (χ0) is 12.0. The summed E-state index contributed by atoms with van der Waals surface area (Å²) in [5.41, 5.74) is 2.68. The Morgan fingerprint density at radius 2 is 2.25 bits per heavy atom. The molecule has 0 aliphatic heterocycles. The molecule has 0 atom stereocenters. The van der Waals surface area contributed by atoms with Crippen molar-refractivity contribution in [2.45, 2.75) is 20.3 Å². The maximum Gasteiger partial charge on any atom is 0.274 e. The molecular weight excluding hydrogens is 206 g/mol. The van der Waals surface area contributed by atoms with Gasteiger partial charge in [0.2, 0.25) is 0 Å². The van der Waals surface area contributed by atoms with Gasteiger partial charge in [-0.05, 0) is 13.3 Å². The van der Waals surface area contributed by atoms with Crippen LogP contribution in [0.4, 0.5) is 5.82 Å².